The van der Waals surface area contributed by atoms with Gasteiger partial charge in [0.15, 0.2) is 0 Å². The molecule has 3 rings (SSSR count). The first-order chi connectivity index (χ1) is 10.1. The van der Waals surface area contributed by atoms with E-state index >= 15 is 0 Å². The number of aromatic nitrogens is 1. The summed E-state index contributed by atoms with van der Waals surface area (Å²) in [6, 6.07) is 14.2. The summed E-state index contributed by atoms with van der Waals surface area (Å²) in [5.74, 6) is -0.381. The van der Waals surface area contributed by atoms with Gasteiger partial charge in [-0.1, -0.05) is 36.4 Å². The molecule has 0 fully saturated rings. The Bertz CT molecular complexity index is 836. The zero-order valence-electron chi connectivity index (χ0n) is 11.7. The molecule has 0 aliphatic rings. The van der Waals surface area contributed by atoms with E-state index < -0.39 is 0 Å². The second kappa shape index (κ2) is 5.37. The Morgan fingerprint density at radius 1 is 1.10 bits per heavy atom. The Hall–Kier alpha value is -2.07. The first-order valence-corrected chi connectivity index (χ1v) is 7.37. The number of hydrogen-bond acceptors (Lipinski definition) is 2. The minimum atomic E-state index is -0.381. The number of aromatic amines is 1. The van der Waals surface area contributed by atoms with Gasteiger partial charge in [-0.3, -0.25) is 0 Å². The average Bonchev–Trinajstić information content (AvgIpc) is 2.84. The average molecular weight is 344 g/mol. The third-order valence-electron chi connectivity index (χ3n) is 3.59. The van der Waals surface area contributed by atoms with Crippen LogP contribution in [0.1, 0.15) is 16.1 Å². The summed E-state index contributed by atoms with van der Waals surface area (Å²) in [6.45, 7) is 2.08. The maximum Gasteiger partial charge on any atom is 0.355 e. The van der Waals surface area contributed by atoms with Crippen molar-refractivity contribution in [1.29, 1.82) is 0 Å². The molecule has 0 aliphatic carbocycles. The van der Waals surface area contributed by atoms with Crippen LogP contribution >= 0.6 is 15.9 Å². The van der Waals surface area contributed by atoms with Gasteiger partial charge in [-0.25, -0.2) is 4.79 Å². The standard InChI is InChI=1S/C17H14BrNO2/c1-10-6-3-4-7-11(10)12-8-5-9-13-14(12)15(18)16(19-13)17(20)21-2/h3-9,19H,1-2H3. The summed E-state index contributed by atoms with van der Waals surface area (Å²) in [5, 5.41) is 0.993. The van der Waals surface area contributed by atoms with E-state index in [0.29, 0.717) is 5.69 Å². The quantitative estimate of drug-likeness (QED) is 0.685. The van der Waals surface area contributed by atoms with Gasteiger partial charge < -0.3 is 9.72 Å². The van der Waals surface area contributed by atoms with E-state index in [9.17, 15) is 4.79 Å². The van der Waals surface area contributed by atoms with Crippen LogP contribution in [-0.2, 0) is 4.74 Å². The Morgan fingerprint density at radius 3 is 2.52 bits per heavy atom. The molecule has 0 saturated heterocycles. The third kappa shape index (κ3) is 2.25. The molecule has 4 heteroatoms. The topological polar surface area (TPSA) is 42.1 Å². The highest BCUT2D eigenvalue weighted by atomic mass is 79.9. The molecule has 1 heterocycles. The largest absolute Gasteiger partial charge is 0.464 e. The maximum absolute atomic E-state index is 11.8. The van der Waals surface area contributed by atoms with Crippen LogP contribution in [0.25, 0.3) is 22.0 Å². The van der Waals surface area contributed by atoms with Gasteiger partial charge >= 0.3 is 5.97 Å². The molecular formula is C17H14BrNO2. The first-order valence-electron chi connectivity index (χ1n) is 6.58. The van der Waals surface area contributed by atoms with E-state index in [1.54, 1.807) is 0 Å². The molecule has 1 N–H and O–H groups in total. The Morgan fingerprint density at radius 2 is 1.81 bits per heavy atom. The molecule has 3 aromatic rings. The van der Waals surface area contributed by atoms with E-state index in [4.69, 9.17) is 4.74 Å². The Kier molecular flexibility index (Phi) is 3.55. The third-order valence-corrected chi connectivity index (χ3v) is 4.38. The predicted molar refractivity (Wildman–Crippen MR) is 87.5 cm³/mol. The number of halogens is 1. The van der Waals surface area contributed by atoms with E-state index in [1.807, 2.05) is 24.3 Å². The number of H-pyrrole nitrogens is 1. The molecular weight excluding hydrogens is 330 g/mol. The molecule has 0 amide bonds. The van der Waals surface area contributed by atoms with Gasteiger partial charge in [-0.2, -0.15) is 0 Å². The maximum atomic E-state index is 11.8. The summed E-state index contributed by atoms with van der Waals surface area (Å²) >= 11 is 3.53. The highest BCUT2D eigenvalue weighted by Gasteiger charge is 2.19. The van der Waals surface area contributed by atoms with Crippen molar-refractivity contribution >= 4 is 32.8 Å². The number of ether oxygens (including phenoxy) is 1. The number of fused-ring (bicyclic) bond motifs is 1. The van der Waals surface area contributed by atoms with Gasteiger partial charge in [0.05, 0.1) is 11.6 Å². The van der Waals surface area contributed by atoms with Crippen molar-refractivity contribution in [2.75, 3.05) is 7.11 Å². The number of benzene rings is 2. The highest BCUT2D eigenvalue weighted by molar-refractivity contribution is 9.10. The van der Waals surface area contributed by atoms with Crippen LogP contribution in [0.5, 0.6) is 0 Å². The van der Waals surface area contributed by atoms with Crippen molar-refractivity contribution < 1.29 is 9.53 Å². The van der Waals surface area contributed by atoms with Crippen LogP contribution in [-0.4, -0.2) is 18.1 Å². The van der Waals surface area contributed by atoms with Gasteiger partial charge in [0.25, 0.3) is 0 Å². The fourth-order valence-electron chi connectivity index (χ4n) is 2.55. The summed E-state index contributed by atoms with van der Waals surface area (Å²) in [5.41, 5.74) is 4.78. The fourth-order valence-corrected chi connectivity index (χ4v) is 3.24. The second-order valence-corrected chi connectivity index (χ2v) is 5.64. The summed E-state index contributed by atoms with van der Waals surface area (Å²) in [4.78, 5) is 15.0. The monoisotopic (exact) mass is 343 g/mol. The zero-order chi connectivity index (χ0) is 15.0. The van der Waals surface area contributed by atoms with Gasteiger partial charge in [0, 0.05) is 10.9 Å². The van der Waals surface area contributed by atoms with E-state index in [-0.39, 0.29) is 5.97 Å². The van der Waals surface area contributed by atoms with Gasteiger partial charge in [-0.05, 0) is 45.6 Å². The number of rotatable bonds is 2. The number of carbonyl (C=O) groups excluding carboxylic acids is 1. The number of nitrogens with one attached hydrogen (secondary N) is 1. The lowest BCUT2D eigenvalue weighted by Gasteiger charge is -2.07. The lowest BCUT2D eigenvalue weighted by Crippen LogP contribution is -2.01. The van der Waals surface area contributed by atoms with Crippen LogP contribution in [0.4, 0.5) is 0 Å². The molecule has 1 aromatic heterocycles. The van der Waals surface area contributed by atoms with Gasteiger partial charge in [0.1, 0.15) is 5.69 Å². The normalized spacial score (nSPS) is 10.8. The molecule has 21 heavy (non-hydrogen) atoms. The number of aryl methyl sites for hydroxylation is 1. The predicted octanol–water partition coefficient (Wildman–Crippen LogP) is 4.69. The lowest BCUT2D eigenvalue weighted by atomic mass is 9.97. The van der Waals surface area contributed by atoms with Crippen LogP contribution in [0, 0.1) is 6.92 Å². The van der Waals surface area contributed by atoms with Crippen molar-refractivity contribution in [2.24, 2.45) is 0 Å². The van der Waals surface area contributed by atoms with Crippen molar-refractivity contribution in [3.05, 3.63) is 58.2 Å². The first kappa shape index (κ1) is 13.9. The van der Waals surface area contributed by atoms with Crippen LogP contribution in [0.2, 0.25) is 0 Å². The van der Waals surface area contributed by atoms with Gasteiger partial charge in [-0.15, -0.1) is 0 Å². The van der Waals surface area contributed by atoms with Crippen LogP contribution in [0.15, 0.2) is 46.9 Å². The Balaban J connectivity index is 2.33. The Labute approximate surface area is 131 Å². The molecule has 0 spiro atoms. The zero-order valence-corrected chi connectivity index (χ0v) is 13.3. The van der Waals surface area contributed by atoms with Gasteiger partial charge in [0.2, 0.25) is 0 Å². The molecule has 0 aliphatic heterocycles. The van der Waals surface area contributed by atoms with Crippen molar-refractivity contribution in [2.45, 2.75) is 6.92 Å². The number of carbonyl (C=O) groups is 1. The molecule has 0 bridgehead atoms. The lowest BCUT2D eigenvalue weighted by molar-refractivity contribution is 0.0594. The SMILES string of the molecule is COC(=O)c1[nH]c2cccc(-c3ccccc3C)c2c1Br. The number of methoxy groups -OCH3 is 1. The molecule has 2 aromatic carbocycles. The minimum Gasteiger partial charge on any atom is -0.464 e. The molecule has 0 atom stereocenters. The summed E-state index contributed by atoms with van der Waals surface area (Å²) in [6.07, 6.45) is 0. The fraction of sp³-hybridized carbons (Fsp3) is 0.118. The van der Waals surface area contributed by atoms with Crippen LogP contribution < -0.4 is 0 Å². The van der Waals surface area contributed by atoms with Crippen molar-refractivity contribution in [1.82, 2.24) is 4.98 Å². The summed E-state index contributed by atoms with van der Waals surface area (Å²) < 4.78 is 5.55. The molecule has 106 valence electrons. The smallest absolute Gasteiger partial charge is 0.355 e. The van der Waals surface area contributed by atoms with E-state index in [2.05, 4.69) is 46.0 Å². The summed E-state index contributed by atoms with van der Waals surface area (Å²) in [7, 11) is 1.38. The van der Waals surface area contributed by atoms with E-state index in [0.717, 1.165) is 26.5 Å². The molecule has 0 saturated carbocycles. The van der Waals surface area contributed by atoms with Crippen molar-refractivity contribution in [3.8, 4) is 11.1 Å². The number of esters is 1. The minimum absolute atomic E-state index is 0.381. The molecule has 3 nitrogen and oxygen atoms in total. The molecule has 0 unspecified atom stereocenters. The highest BCUT2D eigenvalue weighted by Crippen LogP contribution is 2.37. The van der Waals surface area contributed by atoms with Crippen LogP contribution in [0.3, 0.4) is 0 Å². The second-order valence-electron chi connectivity index (χ2n) is 4.85. The number of hydrogen-bond donors (Lipinski definition) is 1. The molecule has 0 radical (unpaired) electrons. The van der Waals surface area contributed by atoms with Crippen molar-refractivity contribution in [3.63, 3.8) is 0 Å². The van der Waals surface area contributed by atoms with E-state index in [1.165, 1.54) is 12.7 Å².